The molecule has 2 fully saturated rings. The van der Waals surface area contributed by atoms with Crippen LogP contribution in [0, 0.1) is 0 Å². The van der Waals surface area contributed by atoms with E-state index in [4.69, 9.17) is 0 Å². The number of benzene rings is 1. The number of nitrogens with zero attached hydrogens (tertiary/aromatic N) is 2. The normalized spacial score (nSPS) is 25.4. The summed E-state index contributed by atoms with van der Waals surface area (Å²) in [6.45, 7) is 5.55. The molecule has 1 aliphatic heterocycles. The van der Waals surface area contributed by atoms with Crippen molar-refractivity contribution in [3.05, 3.63) is 29.8 Å². The van der Waals surface area contributed by atoms with E-state index in [1.807, 2.05) is 6.07 Å². The van der Waals surface area contributed by atoms with Crippen molar-refractivity contribution < 1.29 is 23.0 Å². The van der Waals surface area contributed by atoms with Gasteiger partial charge in [0.05, 0.1) is 5.60 Å². The van der Waals surface area contributed by atoms with Crippen molar-refractivity contribution in [1.29, 1.82) is 0 Å². The summed E-state index contributed by atoms with van der Waals surface area (Å²) >= 11 is 0. The number of hydrogen-bond donors (Lipinski definition) is 1. The van der Waals surface area contributed by atoms with Gasteiger partial charge in [0.15, 0.2) is 0 Å². The Kier molecular flexibility index (Phi) is 6.57. The van der Waals surface area contributed by atoms with E-state index in [1.165, 1.54) is 12.1 Å². The van der Waals surface area contributed by atoms with Crippen molar-refractivity contribution in [2.45, 2.75) is 63.0 Å². The van der Waals surface area contributed by atoms with Crippen LogP contribution in [-0.4, -0.2) is 66.1 Å². The van der Waals surface area contributed by atoms with Crippen LogP contribution in [0.3, 0.4) is 0 Å². The minimum Gasteiger partial charge on any atom is -0.406 e. The van der Waals surface area contributed by atoms with Crippen LogP contribution in [0.5, 0.6) is 5.75 Å². The van der Waals surface area contributed by atoms with Gasteiger partial charge in [0.25, 0.3) is 0 Å². The van der Waals surface area contributed by atoms with Crippen molar-refractivity contribution in [2.75, 3.05) is 33.2 Å². The fraction of sp³-hybridized carbons (Fsp3) is 0.714. The molecule has 1 N–H and O–H groups in total. The highest BCUT2D eigenvalue weighted by atomic mass is 19.4. The molecular formula is C21H31F3N2O2. The molecule has 3 rings (SSSR count). The number of alkyl halides is 3. The van der Waals surface area contributed by atoms with E-state index >= 15 is 0 Å². The molecule has 1 aliphatic carbocycles. The van der Waals surface area contributed by atoms with E-state index < -0.39 is 12.0 Å². The van der Waals surface area contributed by atoms with Gasteiger partial charge in [-0.2, -0.15) is 0 Å². The smallest absolute Gasteiger partial charge is 0.406 e. The summed E-state index contributed by atoms with van der Waals surface area (Å²) in [4.78, 5) is 4.64. The van der Waals surface area contributed by atoms with Crippen molar-refractivity contribution in [3.8, 4) is 5.75 Å². The van der Waals surface area contributed by atoms with Gasteiger partial charge in [-0.15, -0.1) is 13.2 Å². The molecule has 1 saturated carbocycles. The highest BCUT2D eigenvalue weighted by Gasteiger charge is 2.40. The summed E-state index contributed by atoms with van der Waals surface area (Å²) in [6.07, 6.45) is -0.354. The highest BCUT2D eigenvalue weighted by Crippen LogP contribution is 2.41. The first-order valence-corrected chi connectivity index (χ1v) is 10.2. The zero-order chi connectivity index (χ0) is 20.4. The zero-order valence-corrected chi connectivity index (χ0v) is 16.7. The Hall–Kier alpha value is -1.31. The second-order valence-corrected chi connectivity index (χ2v) is 8.43. The molecule has 2 atom stereocenters. The number of aliphatic hydroxyl groups is 1. The quantitative estimate of drug-likeness (QED) is 0.811. The molecule has 158 valence electrons. The average molecular weight is 400 g/mol. The van der Waals surface area contributed by atoms with Crippen LogP contribution in [0.4, 0.5) is 13.2 Å². The second-order valence-electron chi connectivity index (χ2n) is 8.43. The third-order valence-electron chi connectivity index (χ3n) is 6.35. The molecule has 7 heteroatoms. The lowest BCUT2D eigenvalue weighted by Crippen LogP contribution is -2.53. The van der Waals surface area contributed by atoms with E-state index in [0.717, 1.165) is 44.5 Å². The number of rotatable bonds is 5. The fourth-order valence-corrected chi connectivity index (χ4v) is 4.57. The molecule has 2 aliphatic rings. The van der Waals surface area contributed by atoms with E-state index in [0.29, 0.717) is 25.4 Å². The van der Waals surface area contributed by atoms with Gasteiger partial charge in [-0.3, -0.25) is 4.90 Å². The number of halogens is 3. The van der Waals surface area contributed by atoms with Crippen LogP contribution in [0.2, 0.25) is 0 Å². The van der Waals surface area contributed by atoms with Crippen LogP contribution in [-0.2, 0) is 0 Å². The molecule has 0 amide bonds. The molecule has 1 aromatic carbocycles. The van der Waals surface area contributed by atoms with Crippen molar-refractivity contribution in [1.82, 2.24) is 9.80 Å². The molecule has 0 aromatic heterocycles. The standard InChI is InChI=1S/C21H31F3N2O2/c1-16-14-26(12-11-25(16)2)15-19(20(27)9-4-3-5-10-20)17-7-6-8-18(13-17)28-21(22,23)24/h6-8,13,16,19,27H,3-5,9-12,14-15H2,1-2H3/t16-,19?/m1/s1. The number of likely N-dealkylation sites (N-methyl/N-ethyl adjacent to an activating group) is 1. The van der Waals surface area contributed by atoms with E-state index in [9.17, 15) is 18.3 Å². The molecule has 28 heavy (non-hydrogen) atoms. The third-order valence-corrected chi connectivity index (χ3v) is 6.35. The van der Waals surface area contributed by atoms with Gasteiger partial charge in [-0.05, 0) is 44.5 Å². The van der Waals surface area contributed by atoms with Gasteiger partial charge in [0, 0.05) is 38.1 Å². The molecule has 0 spiro atoms. The van der Waals surface area contributed by atoms with Crippen molar-refractivity contribution in [2.24, 2.45) is 0 Å². The van der Waals surface area contributed by atoms with Crippen molar-refractivity contribution >= 4 is 0 Å². The summed E-state index contributed by atoms with van der Waals surface area (Å²) in [5.41, 5.74) is -0.167. The summed E-state index contributed by atoms with van der Waals surface area (Å²) < 4.78 is 42.1. The molecule has 4 nitrogen and oxygen atoms in total. The Morgan fingerprint density at radius 2 is 1.93 bits per heavy atom. The van der Waals surface area contributed by atoms with Crippen LogP contribution < -0.4 is 4.74 Å². The Labute approximate surface area is 165 Å². The first kappa shape index (κ1) is 21.4. The minimum atomic E-state index is -4.72. The van der Waals surface area contributed by atoms with Crippen LogP contribution >= 0.6 is 0 Å². The summed E-state index contributed by atoms with van der Waals surface area (Å²) in [6, 6.07) is 6.58. The molecule has 0 radical (unpaired) electrons. The highest BCUT2D eigenvalue weighted by molar-refractivity contribution is 5.33. The molecule has 1 heterocycles. The SMILES string of the molecule is C[C@@H]1CN(CC(c2cccc(OC(F)(F)F)c2)C2(O)CCCCC2)CCN1C. The molecule has 1 aromatic rings. The van der Waals surface area contributed by atoms with Crippen LogP contribution in [0.25, 0.3) is 0 Å². The molecule has 0 bridgehead atoms. The summed E-state index contributed by atoms with van der Waals surface area (Å²) in [7, 11) is 2.10. The lowest BCUT2D eigenvalue weighted by Gasteiger charge is -2.44. The largest absolute Gasteiger partial charge is 0.573 e. The Balaban J connectivity index is 1.85. The average Bonchev–Trinajstić information content (AvgIpc) is 2.62. The lowest BCUT2D eigenvalue weighted by atomic mass is 9.72. The summed E-state index contributed by atoms with van der Waals surface area (Å²) in [5.74, 6) is -0.457. The number of hydrogen-bond acceptors (Lipinski definition) is 4. The Bertz CT molecular complexity index is 647. The number of piperazine rings is 1. The monoisotopic (exact) mass is 400 g/mol. The Morgan fingerprint density at radius 1 is 1.21 bits per heavy atom. The number of ether oxygens (including phenoxy) is 1. The molecule has 1 saturated heterocycles. The maximum absolute atomic E-state index is 12.7. The third kappa shape index (κ3) is 5.39. The van der Waals surface area contributed by atoms with Gasteiger partial charge >= 0.3 is 6.36 Å². The van der Waals surface area contributed by atoms with E-state index in [1.54, 1.807) is 6.07 Å². The Morgan fingerprint density at radius 3 is 2.57 bits per heavy atom. The summed E-state index contributed by atoms with van der Waals surface area (Å²) in [5, 5.41) is 11.5. The molecular weight excluding hydrogens is 369 g/mol. The van der Waals surface area contributed by atoms with Gasteiger partial charge < -0.3 is 14.7 Å². The van der Waals surface area contributed by atoms with Gasteiger partial charge in [-0.1, -0.05) is 31.4 Å². The van der Waals surface area contributed by atoms with Gasteiger partial charge in [0.1, 0.15) is 5.75 Å². The van der Waals surface area contributed by atoms with Crippen LogP contribution in [0.15, 0.2) is 24.3 Å². The van der Waals surface area contributed by atoms with Crippen LogP contribution in [0.1, 0.15) is 50.5 Å². The maximum atomic E-state index is 12.7. The second kappa shape index (κ2) is 8.59. The maximum Gasteiger partial charge on any atom is 0.573 e. The topological polar surface area (TPSA) is 35.9 Å². The zero-order valence-electron chi connectivity index (χ0n) is 16.7. The van der Waals surface area contributed by atoms with E-state index in [-0.39, 0.29) is 11.7 Å². The first-order chi connectivity index (χ1) is 13.2. The fourth-order valence-electron chi connectivity index (χ4n) is 4.57. The predicted molar refractivity (Wildman–Crippen MR) is 102 cm³/mol. The first-order valence-electron chi connectivity index (χ1n) is 10.2. The minimum absolute atomic E-state index is 0.221. The van der Waals surface area contributed by atoms with Gasteiger partial charge in [-0.25, -0.2) is 0 Å². The van der Waals surface area contributed by atoms with E-state index in [2.05, 4.69) is 28.5 Å². The lowest BCUT2D eigenvalue weighted by molar-refractivity contribution is -0.274. The van der Waals surface area contributed by atoms with Crippen molar-refractivity contribution in [3.63, 3.8) is 0 Å². The van der Waals surface area contributed by atoms with Gasteiger partial charge in [0.2, 0.25) is 0 Å². The molecule has 1 unspecified atom stereocenters. The predicted octanol–water partition coefficient (Wildman–Crippen LogP) is 4.00.